The molecule has 2 aliphatic rings. The van der Waals surface area contributed by atoms with Gasteiger partial charge in [-0.05, 0) is 58.5 Å². The van der Waals surface area contributed by atoms with Gasteiger partial charge in [-0.15, -0.1) is 0 Å². The molecular weight excluding hydrogens is 428 g/mol. The molecule has 1 aliphatic carbocycles. The first kappa shape index (κ1) is 20.1. The molecule has 6 rings (SSSR count). The Kier molecular flexibility index (Phi) is 4.92. The van der Waals surface area contributed by atoms with Crippen LogP contribution in [0.1, 0.15) is 35.9 Å². The normalized spacial score (nSPS) is 19.8. The maximum absolute atomic E-state index is 13.7. The quantitative estimate of drug-likeness (QED) is 0.332. The molecule has 0 bridgehead atoms. The fraction of sp³-hybridized carbons (Fsp3) is 0.138. The van der Waals surface area contributed by atoms with Crippen molar-refractivity contribution in [1.29, 1.82) is 0 Å². The number of hydrogen-bond acceptors (Lipinski definition) is 3. The molecule has 162 valence electrons. The van der Waals surface area contributed by atoms with Crippen molar-refractivity contribution in [3.05, 3.63) is 118 Å². The Morgan fingerprint density at radius 2 is 1.48 bits per heavy atom. The topological polar surface area (TPSA) is 41.1 Å². The molecule has 0 aromatic heterocycles. The molecule has 4 heteroatoms. The molecule has 0 saturated carbocycles. The summed E-state index contributed by atoms with van der Waals surface area (Å²) in [5.74, 6) is 0.215. The third kappa shape index (κ3) is 3.59. The molecule has 4 aromatic rings. The zero-order valence-corrected chi connectivity index (χ0v) is 18.8. The molecule has 0 radical (unpaired) electrons. The minimum atomic E-state index is -0.222. The highest BCUT2D eigenvalue weighted by Gasteiger charge is 2.36. The number of ketones is 1. The Bertz CT molecular complexity index is 1420. The van der Waals surface area contributed by atoms with Gasteiger partial charge in [-0.1, -0.05) is 78.3 Å². The minimum Gasteiger partial charge on any atom is -0.372 e. The molecule has 33 heavy (non-hydrogen) atoms. The molecule has 0 spiro atoms. The summed E-state index contributed by atoms with van der Waals surface area (Å²) in [7, 11) is 0. The van der Waals surface area contributed by atoms with Gasteiger partial charge in [0.25, 0.3) is 0 Å². The molecular formula is C29H23ClN2O. The van der Waals surface area contributed by atoms with E-state index in [4.69, 9.17) is 11.6 Å². The first-order valence-electron chi connectivity index (χ1n) is 11.3. The lowest BCUT2D eigenvalue weighted by atomic mass is 9.78. The van der Waals surface area contributed by atoms with Crippen molar-refractivity contribution >= 4 is 39.5 Å². The molecule has 1 heterocycles. The van der Waals surface area contributed by atoms with Crippen molar-refractivity contribution in [3.63, 3.8) is 0 Å². The highest BCUT2D eigenvalue weighted by atomic mass is 35.5. The third-order valence-corrected chi connectivity index (χ3v) is 7.11. The van der Waals surface area contributed by atoms with Gasteiger partial charge in [0.05, 0.1) is 17.4 Å². The lowest BCUT2D eigenvalue weighted by molar-refractivity contribution is -0.116. The molecule has 0 amide bonds. The second kappa shape index (κ2) is 8.09. The standard InChI is InChI=1S/C29H23ClN2O/c30-23-10-4-3-9-22(23)21-16-26-28(27(33)17-21)29(32-25-12-6-5-11-24(25)31-26)20-14-13-18-7-1-2-8-19(18)15-20/h1-15,21,29,31-32H,16-17H2. The van der Waals surface area contributed by atoms with E-state index in [0.717, 1.165) is 45.2 Å². The van der Waals surface area contributed by atoms with Crippen LogP contribution in [0.4, 0.5) is 11.4 Å². The number of rotatable bonds is 2. The van der Waals surface area contributed by atoms with E-state index in [0.29, 0.717) is 6.42 Å². The maximum Gasteiger partial charge on any atom is 0.163 e. The largest absolute Gasteiger partial charge is 0.372 e. The van der Waals surface area contributed by atoms with Gasteiger partial charge in [-0.2, -0.15) is 0 Å². The van der Waals surface area contributed by atoms with Crippen LogP contribution >= 0.6 is 11.6 Å². The number of carbonyl (C=O) groups excluding carboxylic acids is 1. The predicted octanol–water partition coefficient (Wildman–Crippen LogP) is 7.47. The third-order valence-electron chi connectivity index (χ3n) is 6.76. The van der Waals surface area contributed by atoms with Crippen LogP contribution in [-0.2, 0) is 4.79 Å². The molecule has 4 aromatic carbocycles. The monoisotopic (exact) mass is 450 g/mol. The smallest absolute Gasteiger partial charge is 0.163 e. The lowest BCUT2D eigenvalue weighted by Crippen LogP contribution is -2.27. The van der Waals surface area contributed by atoms with E-state index in [1.807, 2.05) is 48.5 Å². The lowest BCUT2D eigenvalue weighted by Gasteiger charge is -2.30. The summed E-state index contributed by atoms with van der Waals surface area (Å²) in [4.78, 5) is 13.7. The number of para-hydroxylation sites is 2. The summed E-state index contributed by atoms with van der Waals surface area (Å²) in [6.45, 7) is 0. The first-order chi connectivity index (χ1) is 16.2. The number of Topliss-reactive ketones (excluding diaryl/α,β-unsaturated/α-hetero) is 1. The highest BCUT2D eigenvalue weighted by molar-refractivity contribution is 6.31. The second-order valence-corrected chi connectivity index (χ2v) is 9.20. The van der Waals surface area contributed by atoms with Gasteiger partial charge >= 0.3 is 0 Å². The van der Waals surface area contributed by atoms with Gasteiger partial charge in [0, 0.05) is 22.7 Å². The van der Waals surface area contributed by atoms with Crippen molar-refractivity contribution in [1.82, 2.24) is 0 Å². The Labute approximate surface area is 198 Å². The van der Waals surface area contributed by atoms with Gasteiger partial charge < -0.3 is 10.6 Å². The zero-order chi connectivity index (χ0) is 22.4. The number of fused-ring (bicyclic) bond motifs is 2. The second-order valence-electron chi connectivity index (χ2n) is 8.80. The van der Waals surface area contributed by atoms with Crippen molar-refractivity contribution in [2.24, 2.45) is 0 Å². The summed E-state index contributed by atoms with van der Waals surface area (Å²) in [5, 5.41) is 10.3. The Morgan fingerprint density at radius 3 is 2.33 bits per heavy atom. The summed E-state index contributed by atoms with van der Waals surface area (Å²) in [6.07, 6.45) is 1.19. The molecule has 1 aliphatic heterocycles. The fourth-order valence-corrected chi connectivity index (χ4v) is 5.45. The Balaban J connectivity index is 1.49. The van der Waals surface area contributed by atoms with E-state index >= 15 is 0 Å². The van der Waals surface area contributed by atoms with Crippen LogP contribution in [-0.4, -0.2) is 5.78 Å². The van der Waals surface area contributed by atoms with Gasteiger partial charge in [0.2, 0.25) is 0 Å². The van der Waals surface area contributed by atoms with Crippen LogP contribution in [0.3, 0.4) is 0 Å². The van der Waals surface area contributed by atoms with Crippen molar-refractivity contribution in [3.8, 4) is 0 Å². The minimum absolute atomic E-state index is 0.0555. The van der Waals surface area contributed by atoms with Crippen molar-refractivity contribution in [2.45, 2.75) is 24.8 Å². The number of carbonyl (C=O) groups is 1. The van der Waals surface area contributed by atoms with Crippen molar-refractivity contribution in [2.75, 3.05) is 10.6 Å². The van der Waals surface area contributed by atoms with Crippen LogP contribution in [0.25, 0.3) is 10.8 Å². The van der Waals surface area contributed by atoms with Gasteiger partial charge in [-0.3, -0.25) is 4.79 Å². The van der Waals surface area contributed by atoms with E-state index in [2.05, 4.69) is 53.1 Å². The average Bonchev–Trinajstić information content (AvgIpc) is 3.01. The number of anilines is 2. The molecule has 0 fully saturated rings. The number of allylic oxidation sites excluding steroid dienone is 1. The van der Waals surface area contributed by atoms with E-state index in [1.165, 1.54) is 10.8 Å². The molecule has 0 saturated heterocycles. The van der Waals surface area contributed by atoms with Crippen LogP contribution < -0.4 is 10.6 Å². The van der Waals surface area contributed by atoms with Crippen LogP contribution in [0, 0.1) is 0 Å². The number of benzene rings is 4. The van der Waals surface area contributed by atoms with Crippen LogP contribution in [0.2, 0.25) is 5.02 Å². The van der Waals surface area contributed by atoms with E-state index in [-0.39, 0.29) is 17.7 Å². The number of nitrogens with one attached hydrogen (secondary N) is 2. The Hall–Kier alpha value is -3.56. The van der Waals surface area contributed by atoms with Gasteiger partial charge in [0.15, 0.2) is 5.78 Å². The molecule has 2 atom stereocenters. The average molecular weight is 451 g/mol. The van der Waals surface area contributed by atoms with E-state index < -0.39 is 0 Å². The van der Waals surface area contributed by atoms with Crippen LogP contribution in [0.15, 0.2) is 102 Å². The summed E-state index contributed by atoms with van der Waals surface area (Å²) in [5.41, 5.74) is 5.91. The first-order valence-corrected chi connectivity index (χ1v) is 11.7. The molecule has 2 unspecified atom stereocenters. The Morgan fingerprint density at radius 1 is 0.758 bits per heavy atom. The van der Waals surface area contributed by atoms with Crippen LogP contribution in [0.5, 0.6) is 0 Å². The predicted molar refractivity (Wildman–Crippen MR) is 136 cm³/mol. The molecule has 2 N–H and O–H groups in total. The molecule has 3 nitrogen and oxygen atoms in total. The zero-order valence-electron chi connectivity index (χ0n) is 18.0. The van der Waals surface area contributed by atoms with E-state index in [9.17, 15) is 4.79 Å². The van der Waals surface area contributed by atoms with Crippen molar-refractivity contribution < 1.29 is 4.79 Å². The maximum atomic E-state index is 13.7. The summed E-state index contributed by atoms with van der Waals surface area (Å²) in [6, 6.07) is 30.6. The highest BCUT2D eigenvalue weighted by Crippen LogP contribution is 2.45. The van der Waals surface area contributed by atoms with Gasteiger partial charge in [-0.25, -0.2) is 0 Å². The van der Waals surface area contributed by atoms with E-state index in [1.54, 1.807) is 0 Å². The fourth-order valence-electron chi connectivity index (χ4n) is 5.16. The SMILES string of the molecule is O=C1CC(c2ccccc2Cl)CC2=C1C(c1ccc3ccccc3c1)Nc1ccccc1N2. The summed E-state index contributed by atoms with van der Waals surface area (Å²) >= 11 is 6.51. The summed E-state index contributed by atoms with van der Waals surface area (Å²) < 4.78 is 0. The number of hydrogen-bond donors (Lipinski definition) is 2. The van der Waals surface area contributed by atoms with Gasteiger partial charge in [0.1, 0.15) is 0 Å². The number of halogens is 1.